The summed E-state index contributed by atoms with van der Waals surface area (Å²) in [5, 5.41) is 5.74. The predicted molar refractivity (Wildman–Crippen MR) is 117 cm³/mol. The second-order valence-electron chi connectivity index (χ2n) is 7.41. The molecule has 34 heavy (non-hydrogen) atoms. The van der Waals surface area contributed by atoms with Crippen LogP contribution in [0, 0.1) is 0 Å². The maximum Gasteiger partial charge on any atom is 0.421 e. The molecule has 1 unspecified atom stereocenters. The van der Waals surface area contributed by atoms with Crippen molar-refractivity contribution >= 4 is 22.8 Å². The monoisotopic (exact) mass is 476 g/mol. The van der Waals surface area contributed by atoms with Crippen molar-refractivity contribution in [3.63, 3.8) is 0 Å². The molecule has 1 atom stereocenters. The molecule has 4 rings (SSSR count). The summed E-state index contributed by atoms with van der Waals surface area (Å²) in [6, 6.07) is 9.27. The molecule has 3 aromatic rings. The number of amides is 2. The fourth-order valence-electron chi connectivity index (χ4n) is 3.47. The van der Waals surface area contributed by atoms with Gasteiger partial charge in [-0.2, -0.15) is 13.2 Å². The molecule has 2 heterocycles. The van der Waals surface area contributed by atoms with Crippen LogP contribution >= 0.6 is 0 Å². The number of aromatic nitrogens is 2. The van der Waals surface area contributed by atoms with E-state index >= 15 is 0 Å². The maximum atomic E-state index is 13.6. The molecule has 0 bridgehead atoms. The summed E-state index contributed by atoms with van der Waals surface area (Å²) in [7, 11) is 0. The summed E-state index contributed by atoms with van der Waals surface area (Å²) < 4.78 is 63.8. The highest BCUT2D eigenvalue weighted by atomic mass is 19.4. The van der Waals surface area contributed by atoms with Crippen LogP contribution in [-0.4, -0.2) is 41.1 Å². The van der Waals surface area contributed by atoms with E-state index in [4.69, 9.17) is 9.47 Å². The zero-order valence-electron chi connectivity index (χ0n) is 17.7. The first-order chi connectivity index (χ1) is 16.3. The topological polar surface area (TPSA) is 88.3 Å². The Morgan fingerprint density at radius 2 is 1.94 bits per heavy atom. The lowest BCUT2D eigenvalue weighted by Gasteiger charge is -2.35. The van der Waals surface area contributed by atoms with Gasteiger partial charge in [-0.1, -0.05) is 6.08 Å². The van der Waals surface area contributed by atoms with Gasteiger partial charge in [0.25, 0.3) is 0 Å². The van der Waals surface area contributed by atoms with Crippen molar-refractivity contribution in [2.45, 2.75) is 18.2 Å². The Labute approximate surface area is 191 Å². The van der Waals surface area contributed by atoms with Gasteiger partial charge in [0.15, 0.2) is 5.60 Å². The minimum atomic E-state index is -4.78. The molecule has 1 aliphatic carbocycles. The fourth-order valence-corrected chi connectivity index (χ4v) is 3.47. The van der Waals surface area contributed by atoms with Crippen LogP contribution in [0.5, 0.6) is 11.5 Å². The number of benzene rings is 1. The summed E-state index contributed by atoms with van der Waals surface area (Å²) in [4.78, 5) is 19.5. The second kappa shape index (κ2) is 9.56. The van der Waals surface area contributed by atoms with E-state index < -0.39 is 37.5 Å². The Morgan fingerprint density at radius 3 is 2.68 bits per heavy atom. The summed E-state index contributed by atoms with van der Waals surface area (Å²) in [5.74, 6) is 1.12. The molecule has 0 radical (unpaired) electrons. The number of ether oxygens (including phenoxy) is 2. The first kappa shape index (κ1) is 23.3. The molecule has 0 fully saturated rings. The van der Waals surface area contributed by atoms with E-state index in [1.807, 2.05) is 6.07 Å². The van der Waals surface area contributed by atoms with E-state index in [-0.39, 0.29) is 5.70 Å². The van der Waals surface area contributed by atoms with Gasteiger partial charge in [-0.3, -0.25) is 0 Å². The standard InChI is InChI=1S/C23H20F4N4O3/c24-10-13-33-22(23(25,26)27)9-1-2-16(14-22)31-21(32)30-15-3-5-17(6-4-15)34-19-8-12-29-20-18(19)7-11-28-20/h1-9,11-12H,10,13-14H2,(H,28,29)(H2,30,31,32). The van der Waals surface area contributed by atoms with Crippen molar-refractivity contribution in [3.05, 3.63) is 72.7 Å². The van der Waals surface area contributed by atoms with Crippen LogP contribution in [0.2, 0.25) is 0 Å². The molecule has 1 aliphatic rings. The number of carbonyl (C=O) groups excluding carboxylic acids is 1. The fraction of sp³-hybridized carbons (Fsp3) is 0.217. The first-order valence-electron chi connectivity index (χ1n) is 10.2. The number of fused-ring (bicyclic) bond motifs is 1. The average molecular weight is 476 g/mol. The number of hydrogen-bond donors (Lipinski definition) is 3. The minimum absolute atomic E-state index is 0.0238. The Morgan fingerprint density at radius 1 is 1.15 bits per heavy atom. The number of pyridine rings is 1. The summed E-state index contributed by atoms with van der Waals surface area (Å²) in [5.41, 5.74) is -1.64. The number of rotatable bonds is 7. The Balaban J connectivity index is 1.37. The highest BCUT2D eigenvalue weighted by molar-refractivity contribution is 5.90. The lowest BCUT2D eigenvalue weighted by molar-refractivity contribution is -0.258. The molecule has 11 heteroatoms. The number of halogens is 4. The third kappa shape index (κ3) is 5.04. The smallest absolute Gasteiger partial charge is 0.421 e. The molecule has 2 aromatic heterocycles. The van der Waals surface area contributed by atoms with Gasteiger partial charge >= 0.3 is 12.2 Å². The molecule has 0 aliphatic heterocycles. The highest BCUT2D eigenvalue weighted by Crippen LogP contribution is 2.41. The van der Waals surface area contributed by atoms with Gasteiger partial charge in [0, 0.05) is 30.2 Å². The molecule has 0 saturated heterocycles. The molecule has 2 amide bonds. The van der Waals surface area contributed by atoms with E-state index in [2.05, 4.69) is 20.6 Å². The van der Waals surface area contributed by atoms with Gasteiger partial charge in [-0.15, -0.1) is 0 Å². The number of carbonyl (C=O) groups is 1. The van der Waals surface area contributed by atoms with Crippen LogP contribution in [-0.2, 0) is 4.74 Å². The first-order valence-corrected chi connectivity index (χ1v) is 10.2. The van der Waals surface area contributed by atoms with Gasteiger partial charge in [-0.05, 0) is 48.6 Å². The van der Waals surface area contributed by atoms with E-state index in [1.165, 1.54) is 6.08 Å². The Bertz CT molecular complexity index is 1220. The van der Waals surface area contributed by atoms with Gasteiger partial charge in [0.05, 0.1) is 12.0 Å². The van der Waals surface area contributed by atoms with Gasteiger partial charge in [0.2, 0.25) is 0 Å². The van der Waals surface area contributed by atoms with Gasteiger partial charge in [-0.25, -0.2) is 14.2 Å². The third-order valence-electron chi connectivity index (χ3n) is 5.07. The molecule has 178 valence electrons. The third-order valence-corrected chi connectivity index (χ3v) is 5.07. The number of aromatic amines is 1. The van der Waals surface area contributed by atoms with E-state index in [0.29, 0.717) is 22.8 Å². The summed E-state index contributed by atoms with van der Waals surface area (Å²) in [6.07, 6.45) is 1.15. The molecule has 7 nitrogen and oxygen atoms in total. The van der Waals surface area contributed by atoms with E-state index in [9.17, 15) is 22.4 Å². The average Bonchev–Trinajstić information content (AvgIpc) is 3.28. The number of urea groups is 1. The molecular formula is C23H20F4N4O3. The van der Waals surface area contributed by atoms with Crippen molar-refractivity contribution < 1.29 is 31.8 Å². The van der Waals surface area contributed by atoms with Crippen LogP contribution < -0.4 is 15.4 Å². The molecule has 0 saturated carbocycles. The second-order valence-corrected chi connectivity index (χ2v) is 7.41. The van der Waals surface area contributed by atoms with Crippen molar-refractivity contribution in [2.24, 2.45) is 0 Å². The molecule has 3 N–H and O–H groups in total. The normalized spacial score (nSPS) is 17.9. The van der Waals surface area contributed by atoms with Crippen LogP contribution in [0.15, 0.2) is 72.7 Å². The van der Waals surface area contributed by atoms with Crippen molar-refractivity contribution in [3.8, 4) is 11.5 Å². The van der Waals surface area contributed by atoms with Gasteiger partial charge in [0.1, 0.15) is 23.8 Å². The molecular weight excluding hydrogens is 456 g/mol. The van der Waals surface area contributed by atoms with Crippen LogP contribution in [0.4, 0.5) is 28.0 Å². The lowest BCUT2D eigenvalue weighted by atomic mass is 9.92. The summed E-state index contributed by atoms with van der Waals surface area (Å²) >= 11 is 0. The van der Waals surface area contributed by atoms with E-state index in [1.54, 1.807) is 42.7 Å². The number of allylic oxidation sites excluding steroid dienone is 2. The largest absolute Gasteiger partial charge is 0.457 e. The number of hydrogen-bond acceptors (Lipinski definition) is 4. The number of H-pyrrole nitrogens is 1. The number of alkyl halides is 4. The van der Waals surface area contributed by atoms with Gasteiger partial charge < -0.3 is 25.1 Å². The summed E-state index contributed by atoms with van der Waals surface area (Å²) in [6.45, 7) is -1.78. The van der Waals surface area contributed by atoms with E-state index in [0.717, 1.165) is 17.5 Å². The van der Waals surface area contributed by atoms with Crippen molar-refractivity contribution in [1.82, 2.24) is 15.3 Å². The maximum absolute atomic E-state index is 13.6. The SMILES string of the molecule is O=C(NC1=CC=CC(OCCF)(C(F)(F)F)C1)Nc1ccc(Oc2ccnc3[nH]ccc23)cc1. The Kier molecular flexibility index (Phi) is 6.55. The lowest BCUT2D eigenvalue weighted by Crippen LogP contribution is -2.49. The number of nitrogens with zero attached hydrogens (tertiary/aromatic N) is 1. The van der Waals surface area contributed by atoms with Crippen LogP contribution in [0.3, 0.4) is 0 Å². The highest BCUT2D eigenvalue weighted by Gasteiger charge is 2.55. The molecule has 1 aromatic carbocycles. The Hall–Kier alpha value is -3.86. The number of anilines is 1. The number of nitrogens with one attached hydrogen (secondary N) is 3. The zero-order valence-corrected chi connectivity index (χ0v) is 17.7. The minimum Gasteiger partial charge on any atom is -0.457 e. The van der Waals surface area contributed by atoms with Crippen molar-refractivity contribution in [1.29, 1.82) is 0 Å². The predicted octanol–water partition coefficient (Wildman–Crippen LogP) is 5.61. The zero-order chi connectivity index (χ0) is 24.2. The van der Waals surface area contributed by atoms with Crippen LogP contribution in [0.25, 0.3) is 11.0 Å². The van der Waals surface area contributed by atoms with Crippen molar-refractivity contribution in [2.75, 3.05) is 18.6 Å². The quantitative estimate of drug-likeness (QED) is 0.387. The molecule has 0 spiro atoms. The van der Waals surface area contributed by atoms with Crippen LogP contribution in [0.1, 0.15) is 6.42 Å².